The lowest BCUT2D eigenvalue weighted by Gasteiger charge is -1.96. The Morgan fingerprint density at radius 2 is 1.94 bits per heavy atom. The molecule has 0 atom stereocenters. The van der Waals surface area contributed by atoms with Gasteiger partial charge in [0, 0.05) is 5.69 Å². The molecule has 1 N–H and O–H groups in total. The van der Waals surface area contributed by atoms with Crippen LogP contribution in [0.3, 0.4) is 0 Å². The summed E-state index contributed by atoms with van der Waals surface area (Å²) < 4.78 is 0. The lowest BCUT2D eigenvalue weighted by atomic mass is 10.1. The van der Waals surface area contributed by atoms with E-state index in [2.05, 4.69) is 21.0 Å². The smallest absolute Gasteiger partial charge is 0.142 e. The first-order valence-corrected chi connectivity index (χ1v) is 5.65. The highest BCUT2D eigenvalue weighted by atomic mass is 35.5. The zero-order chi connectivity index (χ0) is 12.5. The van der Waals surface area contributed by atoms with Gasteiger partial charge in [-0.1, -0.05) is 23.7 Å². The summed E-state index contributed by atoms with van der Waals surface area (Å²) in [5.74, 6) is 0. The molecular weight excluding hydrogens is 248 g/mol. The van der Waals surface area contributed by atoms with Crippen molar-refractivity contribution in [2.24, 2.45) is 0 Å². The monoisotopic (exact) mass is 254 g/mol. The summed E-state index contributed by atoms with van der Waals surface area (Å²) in [6.45, 7) is 0. The number of hydrogen-bond acceptors (Lipinski definition) is 3. The third-order valence-electron chi connectivity index (χ3n) is 2.70. The van der Waals surface area contributed by atoms with Gasteiger partial charge < -0.3 is 4.98 Å². The average Bonchev–Trinajstić information content (AvgIpc) is 2.84. The molecule has 0 bridgehead atoms. The van der Waals surface area contributed by atoms with Crippen molar-refractivity contribution in [3.63, 3.8) is 0 Å². The van der Waals surface area contributed by atoms with E-state index in [0.29, 0.717) is 16.4 Å². The summed E-state index contributed by atoms with van der Waals surface area (Å²) in [5.41, 5.74) is 3.21. The molecule has 0 saturated heterocycles. The predicted octanol–water partition coefficient (Wildman–Crippen LogP) is 3.15. The van der Waals surface area contributed by atoms with Crippen molar-refractivity contribution in [2.45, 2.75) is 0 Å². The lowest BCUT2D eigenvalue weighted by molar-refractivity contribution is 1.20. The highest BCUT2D eigenvalue weighted by Crippen LogP contribution is 2.26. The Balaban J connectivity index is 2.14. The van der Waals surface area contributed by atoms with Crippen LogP contribution in [0.15, 0.2) is 36.7 Å². The summed E-state index contributed by atoms with van der Waals surface area (Å²) in [5, 5.41) is 9.97. The fraction of sp³-hybridized carbons (Fsp3) is 0. The first-order valence-electron chi connectivity index (χ1n) is 5.27. The maximum Gasteiger partial charge on any atom is 0.142 e. The van der Waals surface area contributed by atoms with Gasteiger partial charge >= 0.3 is 0 Å². The van der Waals surface area contributed by atoms with Gasteiger partial charge in [-0.25, -0.2) is 9.97 Å². The van der Waals surface area contributed by atoms with Crippen molar-refractivity contribution in [1.29, 1.82) is 5.26 Å². The minimum Gasteiger partial charge on any atom is -0.339 e. The summed E-state index contributed by atoms with van der Waals surface area (Å²) >= 11 is 5.99. The Hall–Kier alpha value is -2.38. The number of benzene rings is 1. The van der Waals surface area contributed by atoms with E-state index in [0.717, 1.165) is 16.6 Å². The number of nitrogens with zero attached hydrogens (tertiary/aromatic N) is 3. The van der Waals surface area contributed by atoms with E-state index in [4.69, 9.17) is 16.9 Å². The van der Waals surface area contributed by atoms with Crippen LogP contribution in [0, 0.1) is 11.3 Å². The van der Waals surface area contributed by atoms with E-state index in [1.807, 2.05) is 18.2 Å². The molecule has 0 radical (unpaired) electrons. The van der Waals surface area contributed by atoms with E-state index in [1.165, 1.54) is 6.33 Å². The first-order chi connectivity index (χ1) is 8.78. The Bertz CT molecular complexity index is 753. The molecule has 2 aromatic heterocycles. The van der Waals surface area contributed by atoms with Crippen molar-refractivity contribution in [3.8, 4) is 17.3 Å². The van der Waals surface area contributed by atoms with E-state index in [1.54, 1.807) is 12.1 Å². The van der Waals surface area contributed by atoms with Crippen LogP contribution in [0.25, 0.3) is 22.3 Å². The van der Waals surface area contributed by atoms with Crippen molar-refractivity contribution in [1.82, 2.24) is 15.0 Å². The second-order valence-corrected chi connectivity index (χ2v) is 4.16. The molecule has 0 unspecified atom stereocenters. The van der Waals surface area contributed by atoms with Gasteiger partial charge in [0.15, 0.2) is 0 Å². The lowest BCUT2D eigenvalue weighted by Crippen LogP contribution is -1.80. The quantitative estimate of drug-likeness (QED) is 0.679. The normalized spacial score (nSPS) is 10.4. The maximum atomic E-state index is 8.76. The van der Waals surface area contributed by atoms with E-state index >= 15 is 0 Å². The number of aromatic nitrogens is 3. The summed E-state index contributed by atoms with van der Waals surface area (Å²) in [4.78, 5) is 11.2. The van der Waals surface area contributed by atoms with Crippen LogP contribution in [-0.4, -0.2) is 15.0 Å². The van der Waals surface area contributed by atoms with Crippen LogP contribution in [0.1, 0.15) is 5.56 Å². The molecule has 0 aliphatic carbocycles. The molecule has 4 nitrogen and oxygen atoms in total. The van der Waals surface area contributed by atoms with Gasteiger partial charge in [-0.2, -0.15) is 5.26 Å². The standard InChI is InChI=1S/C13H7ClN4/c14-12-10-5-11(18-13(10)17-7-16-12)9-3-1-8(6-15)2-4-9/h1-5,7H,(H,16,17,18). The maximum absolute atomic E-state index is 8.76. The van der Waals surface area contributed by atoms with Gasteiger partial charge in [0.25, 0.3) is 0 Å². The Labute approximate surface area is 108 Å². The number of H-pyrrole nitrogens is 1. The van der Waals surface area contributed by atoms with Gasteiger partial charge in [-0.15, -0.1) is 0 Å². The molecule has 0 saturated carbocycles. The van der Waals surface area contributed by atoms with E-state index in [9.17, 15) is 0 Å². The van der Waals surface area contributed by atoms with Crippen LogP contribution in [0.5, 0.6) is 0 Å². The molecule has 86 valence electrons. The van der Waals surface area contributed by atoms with Gasteiger partial charge in [0.05, 0.1) is 17.0 Å². The number of fused-ring (bicyclic) bond motifs is 1. The molecule has 3 rings (SSSR count). The zero-order valence-corrected chi connectivity index (χ0v) is 9.94. The zero-order valence-electron chi connectivity index (χ0n) is 9.18. The van der Waals surface area contributed by atoms with Gasteiger partial charge in [-0.05, 0) is 23.8 Å². The van der Waals surface area contributed by atoms with Gasteiger partial charge in [0.2, 0.25) is 0 Å². The third-order valence-corrected chi connectivity index (χ3v) is 3.00. The molecule has 0 spiro atoms. The van der Waals surface area contributed by atoms with Crippen molar-refractivity contribution in [3.05, 3.63) is 47.4 Å². The second-order valence-electron chi connectivity index (χ2n) is 3.80. The predicted molar refractivity (Wildman–Crippen MR) is 69.0 cm³/mol. The highest BCUT2D eigenvalue weighted by molar-refractivity contribution is 6.34. The van der Waals surface area contributed by atoms with Crippen molar-refractivity contribution in [2.75, 3.05) is 0 Å². The Morgan fingerprint density at radius 1 is 1.17 bits per heavy atom. The summed E-state index contributed by atoms with van der Waals surface area (Å²) in [6, 6.07) is 11.3. The molecule has 1 aromatic carbocycles. The average molecular weight is 255 g/mol. The molecule has 0 amide bonds. The molecule has 2 heterocycles. The highest BCUT2D eigenvalue weighted by Gasteiger charge is 2.07. The third kappa shape index (κ3) is 1.71. The van der Waals surface area contributed by atoms with Crippen LogP contribution in [0.4, 0.5) is 0 Å². The molecule has 0 aliphatic rings. The van der Waals surface area contributed by atoms with Crippen molar-refractivity contribution < 1.29 is 0 Å². The summed E-state index contributed by atoms with van der Waals surface area (Å²) in [7, 11) is 0. The molecular formula is C13H7ClN4. The van der Waals surface area contributed by atoms with Crippen molar-refractivity contribution >= 4 is 22.6 Å². The second kappa shape index (κ2) is 4.13. The Kier molecular flexibility index (Phi) is 2.47. The van der Waals surface area contributed by atoms with Gasteiger partial charge in [-0.3, -0.25) is 0 Å². The molecule has 18 heavy (non-hydrogen) atoms. The molecule has 5 heteroatoms. The van der Waals surface area contributed by atoms with E-state index < -0.39 is 0 Å². The topological polar surface area (TPSA) is 65.4 Å². The van der Waals surface area contributed by atoms with Gasteiger partial charge in [0.1, 0.15) is 17.1 Å². The molecule has 3 aromatic rings. The minimum absolute atomic E-state index is 0.427. The fourth-order valence-electron chi connectivity index (χ4n) is 1.79. The summed E-state index contributed by atoms with van der Waals surface area (Å²) in [6.07, 6.45) is 1.42. The van der Waals surface area contributed by atoms with Crippen LogP contribution < -0.4 is 0 Å². The van der Waals surface area contributed by atoms with Crippen LogP contribution >= 0.6 is 11.6 Å². The number of rotatable bonds is 1. The number of halogens is 1. The number of hydrogen-bond donors (Lipinski definition) is 1. The van der Waals surface area contributed by atoms with Crippen LogP contribution in [0.2, 0.25) is 5.15 Å². The fourth-order valence-corrected chi connectivity index (χ4v) is 1.98. The van der Waals surface area contributed by atoms with Crippen LogP contribution in [-0.2, 0) is 0 Å². The number of nitriles is 1. The number of nitrogens with one attached hydrogen (secondary N) is 1. The minimum atomic E-state index is 0.427. The first kappa shape index (κ1) is 10.8. The molecule has 0 fully saturated rings. The Morgan fingerprint density at radius 3 is 2.61 bits per heavy atom. The van der Waals surface area contributed by atoms with E-state index in [-0.39, 0.29) is 0 Å². The molecule has 0 aliphatic heterocycles. The number of aromatic amines is 1. The SMILES string of the molecule is N#Cc1ccc(-c2cc3c(Cl)ncnc3[nH]2)cc1. The largest absolute Gasteiger partial charge is 0.339 e.